The summed E-state index contributed by atoms with van der Waals surface area (Å²) in [5, 5.41) is 0. The molecule has 3 fully saturated rings. The number of carbonyl (C=O) groups excluding carboxylic acids is 2. The third kappa shape index (κ3) is 4.70. The van der Waals surface area contributed by atoms with E-state index in [1.165, 1.54) is 29.4 Å². The van der Waals surface area contributed by atoms with Crippen LogP contribution in [0.25, 0.3) is 0 Å². The van der Waals surface area contributed by atoms with Crippen LogP contribution in [0.5, 0.6) is 0 Å². The van der Waals surface area contributed by atoms with Crippen molar-refractivity contribution >= 4 is 33.6 Å². The maximum atomic E-state index is 12.9. The van der Waals surface area contributed by atoms with E-state index in [-0.39, 0.29) is 22.4 Å². The quantitative estimate of drug-likeness (QED) is 0.730. The highest BCUT2D eigenvalue weighted by molar-refractivity contribution is 7.99. The SMILES string of the molecule is O=C(CC1CCCC1)N1CCN(C(=O)c2cc(S(=O)(=O)N3CCSCC3)c[nH]2)CC1. The Morgan fingerprint density at radius 1 is 1.00 bits per heavy atom. The minimum Gasteiger partial charge on any atom is -0.356 e. The molecule has 1 aromatic rings. The molecule has 8 nitrogen and oxygen atoms in total. The lowest BCUT2D eigenvalue weighted by atomic mass is 10.0. The summed E-state index contributed by atoms with van der Waals surface area (Å²) in [5.74, 6) is 2.09. The summed E-state index contributed by atoms with van der Waals surface area (Å²) < 4.78 is 27.1. The average Bonchev–Trinajstić information content (AvgIpc) is 3.46. The van der Waals surface area contributed by atoms with Gasteiger partial charge >= 0.3 is 0 Å². The molecule has 1 aromatic heterocycles. The molecule has 4 rings (SSSR count). The van der Waals surface area contributed by atoms with Crippen molar-refractivity contribution in [3.05, 3.63) is 18.0 Å². The molecule has 0 unspecified atom stereocenters. The predicted molar refractivity (Wildman–Crippen MR) is 116 cm³/mol. The predicted octanol–water partition coefficient (Wildman–Crippen LogP) is 1.62. The molecule has 3 heterocycles. The van der Waals surface area contributed by atoms with Crippen molar-refractivity contribution in [1.82, 2.24) is 19.1 Å². The van der Waals surface area contributed by atoms with Crippen LogP contribution in [0.2, 0.25) is 0 Å². The van der Waals surface area contributed by atoms with E-state index in [0.717, 1.165) is 24.3 Å². The Hall–Kier alpha value is -1.52. The number of hydrogen-bond donors (Lipinski definition) is 1. The van der Waals surface area contributed by atoms with Crippen LogP contribution in [0.1, 0.15) is 42.6 Å². The van der Waals surface area contributed by atoms with Crippen molar-refractivity contribution in [2.45, 2.75) is 37.0 Å². The molecule has 0 radical (unpaired) electrons. The Labute approximate surface area is 182 Å². The standard InChI is InChI=1S/C20H30N4O4S2/c25-19(13-16-3-1-2-4-16)22-5-7-23(8-6-22)20(26)18-14-17(15-21-18)30(27,28)24-9-11-29-12-10-24/h14-16,21H,1-13H2. The second-order valence-electron chi connectivity index (χ2n) is 8.29. The van der Waals surface area contributed by atoms with E-state index in [0.29, 0.717) is 51.6 Å². The highest BCUT2D eigenvalue weighted by Crippen LogP contribution is 2.28. The van der Waals surface area contributed by atoms with E-state index in [9.17, 15) is 18.0 Å². The summed E-state index contributed by atoms with van der Waals surface area (Å²) in [4.78, 5) is 31.9. The van der Waals surface area contributed by atoms with Gasteiger partial charge in [-0.25, -0.2) is 8.42 Å². The van der Waals surface area contributed by atoms with Gasteiger partial charge in [0, 0.05) is 63.4 Å². The number of rotatable bonds is 5. The monoisotopic (exact) mass is 454 g/mol. The maximum absolute atomic E-state index is 12.9. The number of aromatic nitrogens is 1. The zero-order valence-corrected chi connectivity index (χ0v) is 18.8. The summed E-state index contributed by atoms with van der Waals surface area (Å²) in [5.41, 5.74) is 0.283. The number of aromatic amines is 1. The average molecular weight is 455 g/mol. The van der Waals surface area contributed by atoms with Crippen LogP contribution in [0.15, 0.2) is 17.2 Å². The van der Waals surface area contributed by atoms with Gasteiger partial charge in [-0.05, 0) is 24.8 Å². The lowest BCUT2D eigenvalue weighted by molar-refractivity contribution is -0.133. The Bertz CT molecular complexity index is 865. The summed E-state index contributed by atoms with van der Waals surface area (Å²) in [7, 11) is -3.57. The molecular weight excluding hydrogens is 424 g/mol. The first kappa shape index (κ1) is 21.7. The van der Waals surface area contributed by atoms with Gasteiger partial charge in [-0.15, -0.1) is 0 Å². The van der Waals surface area contributed by atoms with Crippen molar-refractivity contribution in [3.8, 4) is 0 Å². The first-order valence-corrected chi connectivity index (χ1v) is 13.4. The molecule has 3 aliphatic rings. The third-order valence-electron chi connectivity index (χ3n) is 6.35. The van der Waals surface area contributed by atoms with Crippen LogP contribution in [-0.2, 0) is 14.8 Å². The van der Waals surface area contributed by atoms with E-state index < -0.39 is 10.0 Å². The first-order chi connectivity index (χ1) is 14.4. The van der Waals surface area contributed by atoms with Gasteiger partial charge in [0.15, 0.2) is 0 Å². The zero-order chi connectivity index (χ0) is 21.1. The fourth-order valence-electron chi connectivity index (χ4n) is 4.50. The van der Waals surface area contributed by atoms with Crippen LogP contribution in [0.4, 0.5) is 0 Å². The number of thioether (sulfide) groups is 1. The summed E-state index contributed by atoms with van der Waals surface area (Å²) in [6, 6.07) is 1.44. The number of sulfonamides is 1. The lowest BCUT2D eigenvalue weighted by Gasteiger charge is -2.35. The van der Waals surface area contributed by atoms with Gasteiger partial charge in [-0.1, -0.05) is 12.8 Å². The highest BCUT2D eigenvalue weighted by atomic mass is 32.2. The number of amides is 2. The second kappa shape index (κ2) is 9.32. The summed E-state index contributed by atoms with van der Waals surface area (Å²) in [6.07, 6.45) is 6.79. The fraction of sp³-hybridized carbons (Fsp3) is 0.700. The molecule has 10 heteroatoms. The van der Waals surface area contributed by atoms with Crippen molar-refractivity contribution < 1.29 is 18.0 Å². The van der Waals surface area contributed by atoms with E-state index in [1.54, 1.807) is 16.7 Å². The van der Waals surface area contributed by atoms with Gasteiger partial charge in [0.1, 0.15) is 10.6 Å². The normalized spacial score (nSPS) is 21.9. The molecule has 0 bridgehead atoms. The number of piperazine rings is 1. The van der Waals surface area contributed by atoms with Gasteiger partial charge in [0.2, 0.25) is 15.9 Å². The molecule has 166 valence electrons. The Morgan fingerprint density at radius 3 is 2.30 bits per heavy atom. The molecule has 1 saturated carbocycles. The number of H-pyrrole nitrogens is 1. The number of nitrogens with one attached hydrogen (secondary N) is 1. The van der Waals surface area contributed by atoms with Gasteiger partial charge in [-0.2, -0.15) is 16.1 Å². The van der Waals surface area contributed by atoms with E-state index in [4.69, 9.17) is 0 Å². The van der Waals surface area contributed by atoms with Gasteiger partial charge < -0.3 is 14.8 Å². The molecule has 0 aromatic carbocycles. The molecule has 30 heavy (non-hydrogen) atoms. The minimum absolute atomic E-state index is 0.142. The molecule has 2 saturated heterocycles. The zero-order valence-electron chi connectivity index (χ0n) is 17.2. The molecule has 1 N–H and O–H groups in total. The Kier molecular flexibility index (Phi) is 6.74. The van der Waals surface area contributed by atoms with Crippen LogP contribution >= 0.6 is 11.8 Å². The van der Waals surface area contributed by atoms with Gasteiger partial charge in [-0.3, -0.25) is 9.59 Å². The first-order valence-electron chi connectivity index (χ1n) is 10.8. The van der Waals surface area contributed by atoms with Crippen LogP contribution < -0.4 is 0 Å². The molecule has 0 spiro atoms. The van der Waals surface area contributed by atoms with Gasteiger partial charge in [0.25, 0.3) is 5.91 Å². The topological polar surface area (TPSA) is 93.8 Å². The third-order valence-corrected chi connectivity index (χ3v) is 9.17. The van der Waals surface area contributed by atoms with Crippen molar-refractivity contribution in [1.29, 1.82) is 0 Å². The molecule has 1 aliphatic carbocycles. The molecule has 2 aliphatic heterocycles. The van der Waals surface area contributed by atoms with E-state index in [2.05, 4.69) is 4.98 Å². The lowest BCUT2D eigenvalue weighted by Crippen LogP contribution is -2.50. The molecular formula is C20H30N4O4S2. The number of hydrogen-bond acceptors (Lipinski definition) is 5. The van der Waals surface area contributed by atoms with Gasteiger partial charge in [0.05, 0.1) is 0 Å². The highest BCUT2D eigenvalue weighted by Gasteiger charge is 2.30. The minimum atomic E-state index is -3.57. The smallest absolute Gasteiger partial charge is 0.270 e. The molecule has 2 amide bonds. The largest absolute Gasteiger partial charge is 0.356 e. The van der Waals surface area contributed by atoms with E-state index >= 15 is 0 Å². The van der Waals surface area contributed by atoms with Crippen molar-refractivity contribution in [2.24, 2.45) is 5.92 Å². The Morgan fingerprint density at radius 2 is 1.63 bits per heavy atom. The number of nitrogens with zero attached hydrogens (tertiary/aromatic N) is 3. The van der Waals surface area contributed by atoms with Crippen molar-refractivity contribution in [2.75, 3.05) is 50.8 Å². The summed E-state index contributed by atoms with van der Waals surface area (Å²) in [6.45, 7) is 3.01. The summed E-state index contributed by atoms with van der Waals surface area (Å²) >= 11 is 1.75. The molecule has 0 atom stereocenters. The maximum Gasteiger partial charge on any atom is 0.270 e. The Balaban J connectivity index is 1.33. The van der Waals surface area contributed by atoms with Crippen LogP contribution in [0.3, 0.4) is 0 Å². The number of carbonyl (C=O) groups is 2. The fourth-order valence-corrected chi connectivity index (χ4v) is 7.07. The second-order valence-corrected chi connectivity index (χ2v) is 11.5. The van der Waals surface area contributed by atoms with E-state index in [1.807, 2.05) is 4.90 Å². The van der Waals surface area contributed by atoms with Crippen LogP contribution in [0, 0.1) is 5.92 Å². The van der Waals surface area contributed by atoms with Crippen LogP contribution in [-0.4, -0.2) is 90.1 Å². The van der Waals surface area contributed by atoms with Crippen molar-refractivity contribution in [3.63, 3.8) is 0 Å².